The normalized spacial score (nSPS) is 17.6. The van der Waals surface area contributed by atoms with Crippen LogP contribution in [0.2, 0.25) is 5.02 Å². The standard InChI is InChI=1S/C15H19ClO3/c1-15(2)6-5-9-10(16)7-12(18-3)14(19-4)13(9)11(17)8-15/h7H,5-6,8H2,1-4H3. The van der Waals surface area contributed by atoms with Crippen molar-refractivity contribution in [2.24, 2.45) is 5.41 Å². The Kier molecular flexibility index (Phi) is 3.77. The maximum atomic E-state index is 12.5. The Morgan fingerprint density at radius 3 is 2.53 bits per heavy atom. The Bertz CT molecular complexity index is 521. The van der Waals surface area contributed by atoms with E-state index >= 15 is 0 Å². The Morgan fingerprint density at radius 2 is 1.95 bits per heavy atom. The van der Waals surface area contributed by atoms with Crippen molar-refractivity contribution in [2.45, 2.75) is 33.1 Å². The molecule has 0 bridgehead atoms. The van der Waals surface area contributed by atoms with Crippen LogP contribution in [0.15, 0.2) is 6.07 Å². The third kappa shape index (κ3) is 2.57. The van der Waals surface area contributed by atoms with E-state index in [4.69, 9.17) is 21.1 Å². The number of benzene rings is 1. The summed E-state index contributed by atoms with van der Waals surface area (Å²) in [5, 5.41) is 0.582. The summed E-state index contributed by atoms with van der Waals surface area (Å²) in [6, 6.07) is 1.73. The molecule has 1 aromatic carbocycles. The average Bonchev–Trinajstić information content (AvgIpc) is 2.46. The Morgan fingerprint density at radius 1 is 1.26 bits per heavy atom. The van der Waals surface area contributed by atoms with E-state index < -0.39 is 0 Å². The molecule has 0 aliphatic heterocycles. The number of rotatable bonds is 2. The molecule has 104 valence electrons. The monoisotopic (exact) mass is 282 g/mol. The van der Waals surface area contributed by atoms with Crippen LogP contribution in [-0.4, -0.2) is 20.0 Å². The van der Waals surface area contributed by atoms with E-state index in [0.29, 0.717) is 28.5 Å². The molecule has 1 aliphatic rings. The number of carbonyl (C=O) groups excluding carboxylic acids is 1. The van der Waals surface area contributed by atoms with Crippen molar-refractivity contribution in [3.8, 4) is 11.5 Å². The third-order valence-corrected chi connectivity index (χ3v) is 4.03. The summed E-state index contributed by atoms with van der Waals surface area (Å²) in [7, 11) is 3.10. The SMILES string of the molecule is COc1cc(Cl)c2c(c1OC)C(=O)CC(C)(C)CC2. The highest BCUT2D eigenvalue weighted by Gasteiger charge is 2.32. The van der Waals surface area contributed by atoms with Gasteiger partial charge in [-0.3, -0.25) is 4.79 Å². The molecule has 2 rings (SSSR count). The third-order valence-electron chi connectivity index (χ3n) is 3.69. The molecule has 1 aromatic rings. The van der Waals surface area contributed by atoms with Gasteiger partial charge in [-0.15, -0.1) is 0 Å². The van der Waals surface area contributed by atoms with Gasteiger partial charge in [0.2, 0.25) is 0 Å². The number of carbonyl (C=O) groups is 1. The summed E-state index contributed by atoms with van der Waals surface area (Å²) < 4.78 is 10.6. The first-order valence-corrected chi connectivity index (χ1v) is 6.74. The molecular weight excluding hydrogens is 264 g/mol. The second-order valence-electron chi connectivity index (χ2n) is 5.71. The van der Waals surface area contributed by atoms with Crippen molar-refractivity contribution >= 4 is 17.4 Å². The van der Waals surface area contributed by atoms with Crippen molar-refractivity contribution in [2.75, 3.05) is 14.2 Å². The van der Waals surface area contributed by atoms with Crippen LogP contribution < -0.4 is 9.47 Å². The van der Waals surface area contributed by atoms with Gasteiger partial charge < -0.3 is 9.47 Å². The van der Waals surface area contributed by atoms with Crippen LogP contribution in [0.1, 0.15) is 42.6 Å². The first-order valence-electron chi connectivity index (χ1n) is 6.36. The number of methoxy groups -OCH3 is 2. The van der Waals surface area contributed by atoms with Crippen LogP contribution in [-0.2, 0) is 6.42 Å². The minimum absolute atomic E-state index is 0.0162. The largest absolute Gasteiger partial charge is 0.493 e. The number of hydrogen-bond donors (Lipinski definition) is 0. The van der Waals surface area contributed by atoms with Gasteiger partial charge in [-0.05, 0) is 23.8 Å². The number of halogens is 1. The van der Waals surface area contributed by atoms with Crippen LogP contribution in [0.5, 0.6) is 11.5 Å². The van der Waals surface area contributed by atoms with Crippen LogP contribution >= 0.6 is 11.6 Å². The molecule has 19 heavy (non-hydrogen) atoms. The minimum atomic E-state index is -0.0162. The van der Waals surface area contributed by atoms with Gasteiger partial charge in [0.05, 0.1) is 19.8 Å². The molecule has 0 saturated carbocycles. The molecule has 0 heterocycles. The Labute approximate surface area is 118 Å². The lowest BCUT2D eigenvalue weighted by molar-refractivity contribution is 0.0931. The minimum Gasteiger partial charge on any atom is -0.493 e. The zero-order valence-electron chi connectivity index (χ0n) is 11.8. The predicted octanol–water partition coefficient (Wildman–Crippen LogP) is 3.90. The number of Topliss-reactive ketones (excluding diaryl/α,β-unsaturated/α-hetero) is 1. The fraction of sp³-hybridized carbons (Fsp3) is 0.533. The van der Waals surface area contributed by atoms with Gasteiger partial charge in [0.1, 0.15) is 0 Å². The molecule has 0 unspecified atom stereocenters. The zero-order valence-corrected chi connectivity index (χ0v) is 12.6. The molecule has 0 atom stereocenters. The lowest BCUT2D eigenvalue weighted by Crippen LogP contribution is -2.15. The van der Waals surface area contributed by atoms with Gasteiger partial charge in [0, 0.05) is 17.5 Å². The topological polar surface area (TPSA) is 35.5 Å². The average molecular weight is 283 g/mol. The second kappa shape index (κ2) is 5.04. The van der Waals surface area contributed by atoms with Gasteiger partial charge in [0.15, 0.2) is 17.3 Å². The lowest BCUT2D eigenvalue weighted by Gasteiger charge is -2.20. The molecular formula is C15H19ClO3. The number of hydrogen-bond acceptors (Lipinski definition) is 3. The van der Waals surface area contributed by atoms with E-state index in [2.05, 4.69) is 13.8 Å². The van der Waals surface area contributed by atoms with Gasteiger partial charge in [-0.1, -0.05) is 25.4 Å². The van der Waals surface area contributed by atoms with Crippen molar-refractivity contribution < 1.29 is 14.3 Å². The van der Waals surface area contributed by atoms with E-state index in [0.717, 1.165) is 18.4 Å². The van der Waals surface area contributed by atoms with Crippen LogP contribution in [0.4, 0.5) is 0 Å². The van der Waals surface area contributed by atoms with Crippen molar-refractivity contribution in [3.05, 3.63) is 22.2 Å². The lowest BCUT2D eigenvalue weighted by atomic mass is 9.84. The number of ether oxygens (including phenoxy) is 2. The molecule has 0 radical (unpaired) electrons. The predicted molar refractivity (Wildman–Crippen MR) is 75.6 cm³/mol. The van der Waals surface area contributed by atoms with Crippen molar-refractivity contribution in [1.29, 1.82) is 0 Å². The molecule has 0 aromatic heterocycles. The molecule has 3 nitrogen and oxygen atoms in total. The quantitative estimate of drug-likeness (QED) is 0.772. The molecule has 4 heteroatoms. The summed E-state index contributed by atoms with van der Waals surface area (Å²) in [6.07, 6.45) is 2.22. The smallest absolute Gasteiger partial charge is 0.171 e. The zero-order chi connectivity index (χ0) is 14.2. The van der Waals surface area contributed by atoms with Crippen molar-refractivity contribution in [3.63, 3.8) is 0 Å². The Balaban J connectivity index is 2.66. The van der Waals surface area contributed by atoms with Gasteiger partial charge >= 0.3 is 0 Å². The summed E-state index contributed by atoms with van der Waals surface area (Å²) >= 11 is 6.30. The van der Waals surface area contributed by atoms with E-state index in [1.807, 2.05) is 0 Å². The Hall–Kier alpha value is -1.22. The number of fused-ring (bicyclic) bond motifs is 1. The first-order chi connectivity index (χ1) is 8.89. The van der Waals surface area contributed by atoms with Gasteiger partial charge in [-0.25, -0.2) is 0 Å². The molecule has 0 spiro atoms. The number of ketones is 1. The van der Waals surface area contributed by atoms with Crippen molar-refractivity contribution in [1.82, 2.24) is 0 Å². The molecule has 0 N–H and O–H groups in total. The van der Waals surface area contributed by atoms with E-state index in [-0.39, 0.29) is 11.2 Å². The van der Waals surface area contributed by atoms with Gasteiger partial charge in [0.25, 0.3) is 0 Å². The van der Waals surface area contributed by atoms with Crippen LogP contribution in [0, 0.1) is 5.41 Å². The molecule has 0 saturated heterocycles. The highest BCUT2D eigenvalue weighted by molar-refractivity contribution is 6.32. The first kappa shape index (κ1) is 14.2. The summed E-state index contributed by atoms with van der Waals surface area (Å²) in [4.78, 5) is 12.5. The molecule has 1 aliphatic carbocycles. The maximum Gasteiger partial charge on any atom is 0.171 e. The van der Waals surface area contributed by atoms with E-state index in [1.165, 1.54) is 0 Å². The van der Waals surface area contributed by atoms with Crippen LogP contribution in [0.3, 0.4) is 0 Å². The summed E-state index contributed by atoms with van der Waals surface area (Å²) in [5.74, 6) is 1.10. The van der Waals surface area contributed by atoms with E-state index in [1.54, 1.807) is 20.3 Å². The summed E-state index contributed by atoms with van der Waals surface area (Å²) in [6.45, 7) is 4.21. The maximum absolute atomic E-state index is 12.5. The summed E-state index contributed by atoms with van der Waals surface area (Å²) in [5.41, 5.74) is 1.46. The van der Waals surface area contributed by atoms with Gasteiger partial charge in [-0.2, -0.15) is 0 Å². The fourth-order valence-electron chi connectivity index (χ4n) is 2.62. The highest BCUT2D eigenvalue weighted by atomic mass is 35.5. The van der Waals surface area contributed by atoms with Crippen LogP contribution in [0.25, 0.3) is 0 Å². The fourth-order valence-corrected chi connectivity index (χ4v) is 2.90. The second-order valence-corrected chi connectivity index (χ2v) is 6.12. The molecule has 0 fully saturated rings. The highest BCUT2D eigenvalue weighted by Crippen LogP contribution is 2.44. The molecule has 0 amide bonds. The van der Waals surface area contributed by atoms with E-state index in [9.17, 15) is 4.79 Å².